The van der Waals surface area contributed by atoms with E-state index in [1.807, 2.05) is 12.1 Å². The number of hydrogen-bond donors (Lipinski definition) is 1. The van der Waals surface area contributed by atoms with Crippen LogP contribution >= 0.6 is 0 Å². The lowest BCUT2D eigenvalue weighted by molar-refractivity contribution is 0.415. The molecule has 2 aromatic rings. The number of hydrogen-bond acceptors (Lipinski definition) is 4. The molecule has 0 radical (unpaired) electrons. The van der Waals surface area contributed by atoms with E-state index in [-0.39, 0.29) is 0 Å². The van der Waals surface area contributed by atoms with Crippen LogP contribution in [0.1, 0.15) is 0 Å². The second kappa shape index (κ2) is 3.37. The highest BCUT2D eigenvalue weighted by Gasteiger charge is 2.02. The molecule has 0 spiro atoms. The van der Waals surface area contributed by atoms with Gasteiger partial charge in [-0.05, 0) is 12.1 Å². The topological polar surface area (TPSA) is 66.0 Å². The molecule has 2 N–H and O–H groups in total. The van der Waals surface area contributed by atoms with E-state index in [0.29, 0.717) is 5.69 Å². The predicted octanol–water partition coefficient (Wildman–Crippen LogP) is 0.858. The summed E-state index contributed by atoms with van der Waals surface area (Å²) in [6.45, 7) is 0. The van der Waals surface area contributed by atoms with Crippen molar-refractivity contribution in [2.75, 3.05) is 12.8 Å². The lowest BCUT2D eigenvalue weighted by atomic mass is 10.2. The number of nitrogen functional groups attached to an aromatic ring is 1. The van der Waals surface area contributed by atoms with Crippen molar-refractivity contribution in [1.29, 1.82) is 0 Å². The molecule has 0 aliphatic heterocycles. The molecular formula is C9H10N4O. The Morgan fingerprint density at radius 3 is 2.57 bits per heavy atom. The summed E-state index contributed by atoms with van der Waals surface area (Å²) in [5.74, 6) is 0.735. The fourth-order valence-electron chi connectivity index (χ4n) is 1.22. The average molecular weight is 190 g/mol. The fourth-order valence-corrected chi connectivity index (χ4v) is 1.22. The zero-order chi connectivity index (χ0) is 9.97. The average Bonchev–Trinajstić information content (AvgIpc) is 2.70. The molecule has 0 amide bonds. The first kappa shape index (κ1) is 8.55. The van der Waals surface area contributed by atoms with Gasteiger partial charge in [0.1, 0.15) is 18.4 Å². The molecule has 0 fully saturated rings. The molecule has 1 aromatic carbocycles. The van der Waals surface area contributed by atoms with Crippen molar-refractivity contribution >= 4 is 5.69 Å². The monoisotopic (exact) mass is 190 g/mol. The summed E-state index contributed by atoms with van der Waals surface area (Å²) in [6.07, 6.45) is 3.19. The third-order valence-electron chi connectivity index (χ3n) is 1.93. The second-order valence-electron chi connectivity index (χ2n) is 2.79. The van der Waals surface area contributed by atoms with E-state index in [2.05, 4.69) is 10.2 Å². The molecular weight excluding hydrogens is 180 g/mol. The number of nitrogens with two attached hydrogens (primary N) is 1. The number of rotatable bonds is 2. The standard InChI is InChI=1S/C9H10N4O/c1-14-7-2-3-9(8(10)4-7)13-5-11-12-6-13/h2-6H,10H2,1H3. The van der Waals surface area contributed by atoms with Crippen LogP contribution in [-0.2, 0) is 0 Å². The molecule has 14 heavy (non-hydrogen) atoms. The summed E-state index contributed by atoms with van der Waals surface area (Å²) >= 11 is 0. The van der Waals surface area contributed by atoms with Crippen LogP contribution in [-0.4, -0.2) is 21.9 Å². The van der Waals surface area contributed by atoms with Crippen LogP contribution in [0.3, 0.4) is 0 Å². The number of aromatic nitrogens is 3. The Morgan fingerprint density at radius 1 is 1.29 bits per heavy atom. The molecule has 5 heteroatoms. The molecule has 1 heterocycles. The van der Waals surface area contributed by atoms with E-state index < -0.39 is 0 Å². The van der Waals surface area contributed by atoms with Gasteiger partial charge >= 0.3 is 0 Å². The Morgan fingerprint density at radius 2 is 2.00 bits per heavy atom. The highest BCUT2D eigenvalue weighted by Crippen LogP contribution is 2.22. The van der Waals surface area contributed by atoms with Crippen LogP contribution in [0.2, 0.25) is 0 Å². The van der Waals surface area contributed by atoms with Gasteiger partial charge in [-0.15, -0.1) is 10.2 Å². The van der Waals surface area contributed by atoms with Crippen molar-refractivity contribution in [3.05, 3.63) is 30.9 Å². The SMILES string of the molecule is COc1ccc(-n2cnnc2)c(N)c1. The lowest BCUT2D eigenvalue weighted by Gasteiger charge is -2.07. The summed E-state index contributed by atoms with van der Waals surface area (Å²) in [5.41, 5.74) is 7.30. The largest absolute Gasteiger partial charge is 0.497 e. The third-order valence-corrected chi connectivity index (χ3v) is 1.93. The normalized spacial score (nSPS) is 10.1. The quantitative estimate of drug-likeness (QED) is 0.713. The van der Waals surface area contributed by atoms with Crippen molar-refractivity contribution in [1.82, 2.24) is 14.8 Å². The van der Waals surface area contributed by atoms with Gasteiger partial charge in [0.15, 0.2) is 0 Å². The van der Waals surface area contributed by atoms with E-state index in [4.69, 9.17) is 10.5 Å². The summed E-state index contributed by atoms with van der Waals surface area (Å²) in [4.78, 5) is 0. The minimum Gasteiger partial charge on any atom is -0.497 e. The predicted molar refractivity (Wildman–Crippen MR) is 52.3 cm³/mol. The summed E-state index contributed by atoms with van der Waals surface area (Å²) in [6, 6.07) is 5.46. The fraction of sp³-hybridized carbons (Fsp3) is 0.111. The zero-order valence-electron chi connectivity index (χ0n) is 7.71. The van der Waals surface area contributed by atoms with Crippen molar-refractivity contribution in [3.8, 4) is 11.4 Å². The maximum atomic E-state index is 5.83. The Labute approximate surface area is 81.1 Å². The van der Waals surface area contributed by atoms with Gasteiger partial charge in [0, 0.05) is 6.07 Å². The first-order valence-electron chi connectivity index (χ1n) is 4.10. The Balaban J connectivity index is 2.46. The van der Waals surface area contributed by atoms with Crippen molar-refractivity contribution in [3.63, 3.8) is 0 Å². The summed E-state index contributed by atoms with van der Waals surface area (Å²) < 4.78 is 6.79. The van der Waals surface area contributed by atoms with Gasteiger partial charge in [-0.1, -0.05) is 0 Å². The van der Waals surface area contributed by atoms with Crippen LogP contribution < -0.4 is 10.5 Å². The maximum Gasteiger partial charge on any atom is 0.123 e. The second-order valence-corrected chi connectivity index (χ2v) is 2.79. The molecule has 72 valence electrons. The number of benzene rings is 1. The van der Waals surface area contributed by atoms with Crippen LogP contribution in [0.15, 0.2) is 30.9 Å². The highest BCUT2D eigenvalue weighted by molar-refractivity contribution is 5.60. The Bertz CT molecular complexity index is 424. The third kappa shape index (κ3) is 1.39. The van der Waals surface area contributed by atoms with Crippen molar-refractivity contribution in [2.24, 2.45) is 0 Å². The highest BCUT2D eigenvalue weighted by atomic mass is 16.5. The van der Waals surface area contributed by atoms with Crippen LogP contribution in [0.5, 0.6) is 5.75 Å². The molecule has 0 aliphatic carbocycles. The van der Waals surface area contributed by atoms with Gasteiger partial charge < -0.3 is 10.5 Å². The molecule has 1 aromatic heterocycles. The molecule has 0 unspecified atom stereocenters. The van der Waals surface area contributed by atoms with Gasteiger partial charge in [0.05, 0.1) is 18.5 Å². The molecule has 2 rings (SSSR count). The van der Waals surface area contributed by atoms with Crippen molar-refractivity contribution < 1.29 is 4.74 Å². The van der Waals surface area contributed by atoms with Crippen LogP contribution in [0.25, 0.3) is 5.69 Å². The maximum absolute atomic E-state index is 5.83. The molecule has 5 nitrogen and oxygen atoms in total. The van der Waals surface area contributed by atoms with E-state index in [1.54, 1.807) is 30.4 Å². The first-order valence-corrected chi connectivity index (χ1v) is 4.10. The Hall–Kier alpha value is -2.04. The van der Waals surface area contributed by atoms with Gasteiger partial charge in [0.25, 0.3) is 0 Å². The van der Waals surface area contributed by atoms with E-state index in [9.17, 15) is 0 Å². The molecule has 0 bridgehead atoms. The van der Waals surface area contributed by atoms with E-state index >= 15 is 0 Å². The van der Waals surface area contributed by atoms with E-state index in [0.717, 1.165) is 11.4 Å². The van der Waals surface area contributed by atoms with Gasteiger partial charge in [0.2, 0.25) is 0 Å². The van der Waals surface area contributed by atoms with Crippen molar-refractivity contribution in [2.45, 2.75) is 0 Å². The molecule has 0 saturated carbocycles. The number of ether oxygens (including phenoxy) is 1. The van der Waals surface area contributed by atoms with E-state index in [1.165, 1.54) is 0 Å². The number of anilines is 1. The van der Waals surface area contributed by atoms with Gasteiger partial charge in [-0.2, -0.15) is 0 Å². The zero-order valence-corrected chi connectivity index (χ0v) is 7.71. The molecule has 0 saturated heterocycles. The first-order chi connectivity index (χ1) is 6.81. The summed E-state index contributed by atoms with van der Waals surface area (Å²) in [5, 5.41) is 7.42. The van der Waals surface area contributed by atoms with Gasteiger partial charge in [-0.3, -0.25) is 4.57 Å². The van der Waals surface area contributed by atoms with Gasteiger partial charge in [-0.25, -0.2) is 0 Å². The lowest BCUT2D eigenvalue weighted by Crippen LogP contribution is -1.97. The Kier molecular flexibility index (Phi) is 2.06. The minimum atomic E-state index is 0.629. The molecule has 0 atom stereocenters. The minimum absolute atomic E-state index is 0.629. The molecule has 0 aliphatic rings. The number of nitrogens with zero attached hydrogens (tertiary/aromatic N) is 3. The van der Waals surface area contributed by atoms with Crippen LogP contribution in [0, 0.1) is 0 Å². The van der Waals surface area contributed by atoms with Crippen LogP contribution in [0.4, 0.5) is 5.69 Å². The summed E-state index contributed by atoms with van der Waals surface area (Å²) in [7, 11) is 1.60. The smallest absolute Gasteiger partial charge is 0.123 e. The number of methoxy groups -OCH3 is 1.